The van der Waals surface area contributed by atoms with Crippen LogP contribution in [0.2, 0.25) is 0 Å². The molecule has 4 rings (SSSR count). The molecule has 1 aromatic rings. The van der Waals surface area contributed by atoms with E-state index in [-0.39, 0.29) is 17.2 Å². The maximum atomic E-state index is 12.2. The zero-order valence-corrected chi connectivity index (χ0v) is 21.2. The third kappa shape index (κ3) is 9.21. The molecule has 1 atom stereocenters. The van der Waals surface area contributed by atoms with Crippen LogP contribution < -0.4 is 5.32 Å². The van der Waals surface area contributed by atoms with Gasteiger partial charge in [-0.25, -0.2) is 0 Å². The molecule has 0 radical (unpaired) electrons. The van der Waals surface area contributed by atoms with E-state index < -0.39 is 0 Å². The fourth-order valence-electron chi connectivity index (χ4n) is 3.75. The van der Waals surface area contributed by atoms with Gasteiger partial charge in [-0.15, -0.1) is 11.3 Å². The second-order valence-corrected chi connectivity index (χ2v) is 10.7. The quantitative estimate of drug-likeness (QED) is 0.291. The zero-order valence-electron chi connectivity index (χ0n) is 20.4. The third-order valence-corrected chi connectivity index (χ3v) is 6.60. The van der Waals surface area contributed by atoms with E-state index in [1.54, 1.807) is 11.3 Å². The van der Waals surface area contributed by atoms with E-state index in [1.165, 1.54) is 37.7 Å². The van der Waals surface area contributed by atoms with Crippen molar-refractivity contribution in [2.75, 3.05) is 11.9 Å². The lowest BCUT2D eigenvalue weighted by molar-refractivity contribution is -0.120. The number of carbonyl (C=O) groups is 1. The van der Waals surface area contributed by atoms with Gasteiger partial charge in [-0.1, -0.05) is 56.6 Å². The molecule has 0 bridgehead atoms. The predicted octanol–water partition coefficient (Wildman–Crippen LogP) is 7.58. The zero-order chi connectivity index (χ0) is 22.9. The molecule has 1 aromatic heterocycles. The topological polar surface area (TPSA) is 41.6 Å². The summed E-state index contributed by atoms with van der Waals surface area (Å²) in [5.74, 6) is 6.62. The molecule has 0 aromatic carbocycles. The highest BCUT2D eigenvalue weighted by Crippen LogP contribution is 2.41. The number of nitrogens with one attached hydrogen (secondary N) is 1. The fraction of sp³-hybridized carbons (Fsp3) is 0.667. The highest BCUT2D eigenvalue weighted by Gasteiger charge is 2.44. The lowest BCUT2D eigenvalue weighted by atomic mass is 9.89. The van der Waals surface area contributed by atoms with Crippen LogP contribution in [-0.2, 0) is 9.53 Å². The van der Waals surface area contributed by atoms with Crippen LogP contribution in [0, 0.1) is 23.2 Å². The molecule has 31 heavy (non-hydrogen) atoms. The van der Waals surface area contributed by atoms with Gasteiger partial charge in [0, 0.05) is 16.7 Å². The molecule has 2 fully saturated rings. The first-order chi connectivity index (χ1) is 14.7. The number of carbonyl (C=O) groups excluding carboxylic acids is 1. The number of hydrogen-bond donors (Lipinski definition) is 1. The summed E-state index contributed by atoms with van der Waals surface area (Å²) in [6.45, 7) is 13.5. The van der Waals surface area contributed by atoms with Gasteiger partial charge in [0.15, 0.2) is 0 Å². The standard InChI is InChI=1S/C18H23NOS.C7H12O.C2H6/c1-13-5-7-14(8-6-13)17(20)19-15-11-16(21-12-15)9-10-18(2,3)4;1-2-4-7(5-3-1)6-8-7;1-2/h5,11-12,14H,6-8H2,1-4H3,(H,19,20);1-6H2;1-2H3/t14-;;/m0../s1. The molecule has 172 valence electrons. The lowest BCUT2D eigenvalue weighted by Crippen LogP contribution is -2.23. The van der Waals surface area contributed by atoms with Gasteiger partial charge in [0.1, 0.15) is 0 Å². The Balaban J connectivity index is 0.000000280. The van der Waals surface area contributed by atoms with Gasteiger partial charge in [0.05, 0.1) is 22.8 Å². The van der Waals surface area contributed by atoms with Gasteiger partial charge >= 0.3 is 0 Å². The van der Waals surface area contributed by atoms with Crippen LogP contribution >= 0.6 is 11.3 Å². The van der Waals surface area contributed by atoms with Crippen LogP contribution in [0.1, 0.15) is 97.8 Å². The summed E-state index contributed by atoms with van der Waals surface area (Å²) in [4.78, 5) is 13.2. The number of thiophene rings is 1. The normalized spacial score (nSPS) is 21.2. The van der Waals surface area contributed by atoms with Crippen molar-refractivity contribution in [1.29, 1.82) is 0 Å². The summed E-state index contributed by atoms with van der Waals surface area (Å²) in [5, 5.41) is 4.99. The monoisotopic (exact) mass is 443 g/mol. The number of allylic oxidation sites excluding steroid dienone is 2. The molecule has 1 spiro atoms. The summed E-state index contributed by atoms with van der Waals surface area (Å²) in [5.41, 5.74) is 2.70. The molecule has 4 heteroatoms. The van der Waals surface area contributed by atoms with Gasteiger partial charge in [0.25, 0.3) is 0 Å². The van der Waals surface area contributed by atoms with E-state index >= 15 is 0 Å². The molecule has 2 heterocycles. The SMILES string of the molecule is C1CCC2(CC1)CO2.CC.CC1=CC[C@H](C(=O)Nc2csc(C#CC(C)(C)C)c2)CC1. The molecular formula is C27H41NO2S. The average Bonchev–Trinajstić information content (AvgIpc) is 3.33. The average molecular weight is 444 g/mol. The Labute approximate surface area is 194 Å². The van der Waals surface area contributed by atoms with Crippen molar-refractivity contribution in [1.82, 2.24) is 0 Å². The lowest BCUT2D eigenvalue weighted by Gasteiger charge is -2.19. The second-order valence-electron chi connectivity index (χ2n) is 9.74. The molecule has 1 N–H and O–H groups in total. The van der Waals surface area contributed by atoms with E-state index in [2.05, 4.69) is 50.9 Å². The highest BCUT2D eigenvalue weighted by atomic mass is 32.1. The second kappa shape index (κ2) is 11.9. The molecule has 3 nitrogen and oxygen atoms in total. The Morgan fingerprint density at radius 2 is 1.90 bits per heavy atom. The number of ether oxygens (including phenoxy) is 1. The Morgan fingerprint density at radius 3 is 2.42 bits per heavy atom. The van der Waals surface area contributed by atoms with Crippen LogP contribution in [0.5, 0.6) is 0 Å². The summed E-state index contributed by atoms with van der Waals surface area (Å²) >= 11 is 1.58. The van der Waals surface area contributed by atoms with Crippen molar-refractivity contribution in [2.45, 2.75) is 98.5 Å². The summed E-state index contributed by atoms with van der Waals surface area (Å²) < 4.78 is 5.34. The maximum absolute atomic E-state index is 12.2. The van der Waals surface area contributed by atoms with E-state index in [0.29, 0.717) is 5.60 Å². The summed E-state index contributed by atoms with van der Waals surface area (Å²) in [6.07, 6.45) is 11.9. The Hall–Kier alpha value is -1.57. The molecule has 3 aliphatic rings. The number of rotatable bonds is 2. The van der Waals surface area contributed by atoms with Crippen molar-refractivity contribution < 1.29 is 9.53 Å². The number of amides is 1. The summed E-state index contributed by atoms with van der Waals surface area (Å²) in [7, 11) is 0. The van der Waals surface area contributed by atoms with Crippen LogP contribution in [0.25, 0.3) is 0 Å². The molecule has 1 saturated heterocycles. The molecule has 1 aliphatic heterocycles. The van der Waals surface area contributed by atoms with Crippen molar-refractivity contribution in [3.8, 4) is 11.8 Å². The first kappa shape index (κ1) is 25.7. The first-order valence-corrected chi connectivity index (χ1v) is 12.8. The Bertz CT molecular complexity index is 791. The van der Waals surface area contributed by atoms with E-state index in [4.69, 9.17) is 4.74 Å². The van der Waals surface area contributed by atoms with Crippen molar-refractivity contribution >= 4 is 22.9 Å². The maximum Gasteiger partial charge on any atom is 0.227 e. The minimum atomic E-state index is -0.000304. The van der Waals surface area contributed by atoms with Gasteiger partial charge in [0.2, 0.25) is 5.91 Å². The molecular weight excluding hydrogens is 402 g/mol. The largest absolute Gasteiger partial charge is 0.370 e. The van der Waals surface area contributed by atoms with Gasteiger partial charge in [-0.3, -0.25) is 4.79 Å². The molecule has 1 amide bonds. The fourth-order valence-corrected chi connectivity index (χ4v) is 4.44. The van der Waals surface area contributed by atoms with Crippen LogP contribution in [-0.4, -0.2) is 18.1 Å². The first-order valence-electron chi connectivity index (χ1n) is 12.0. The van der Waals surface area contributed by atoms with Crippen LogP contribution in [0.15, 0.2) is 23.1 Å². The van der Waals surface area contributed by atoms with E-state index in [1.807, 2.05) is 25.3 Å². The predicted molar refractivity (Wildman–Crippen MR) is 133 cm³/mol. The van der Waals surface area contributed by atoms with E-state index in [9.17, 15) is 4.79 Å². The summed E-state index contributed by atoms with van der Waals surface area (Å²) in [6, 6.07) is 1.96. The number of anilines is 1. The molecule has 0 unspecified atom stereocenters. The van der Waals surface area contributed by atoms with Crippen molar-refractivity contribution in [2.24, 2.45) is 11.3 Å². The molecule has 1 saturated carbocycles. The van der Waals surface area contributed by atoms with Crippen molar-refractivity contribution in [3.05, 3.63) is 28.0 Å². The van der Waals surface area contributed by atoms with Crippen LogP contribution in [0.4, 0.5) is 5.69 Å². The smallest absolute Gasteiger partial charge is 0.227 e. The van der Waals surface area contributed by atoms with Crippen molar-refractivity contribution in [3.63, 3.8) is 0 Å². The number of epoxide rings is 1. The van der Waals surface area contributed by atoms with Crippen LogP contribution in [0.3, 0.4) is 0 Å². The highest BCUT2D eigenvalue weighted by molar-refractivity contribution is 7.11. The Morgan fingerprint density at radius 1 is 1.23 bits per heavy atom. The van der Waals surface area contributed by atoms with Gasteiger partial charge in [-0.05, 0) is 65.9 Å². The molecule has 2 aliphatic carbocycles. The van der Waals surface area contributed by atoms with Gasteiger partial charge in [-0.2, -0.15) is 0 Å². The van der Waals surface area contributed by atoms with E-state index in [0.717, 1.165) is 36.4 Å². The Kier molecular flexibility index (Phi) is 9.85. The minimum Gasteiger partial charge on any atom is -0.370 e. The number of hydrogen-bond acceptors (Lipinski definition) is 3. The third-order valence-electron chi connectivity index (χ3n) is 5.75. The van der Waals surface area contributed by atoms with Gasteiger partial charge < -0.3 is 10.1 Å². The minimum absolute atomic E-state index is 0.000304.